The fourth-order valence-electron chi connectivity index (χ4n) is 3.18. The Morgan fingerprint density at radius 3 is 2.30 bits per heavy atom. The lowest BCUT2D eigenvalue weighted by molar-refractivity contribution is -0.137. The van der Waals surface area contributed by atoms with Crippen molar-refractivity contribution < 1.29 is 18.3 Å². The van der Waals surface area contributed by atoms with Crippen molar-refractivity contribution in [2.75, 3.05) is 4.72 Å². The summed E-state index contributed by atoms with van der Waals surface area (Å²) >= 11 is 0. The van der Waals surface area contributed by atoms with E-state index >= 15 is 0 Å². The summed E-state index contributed by atoms with van der Waals surface area (Å²) in [5, 5.41) is 8.66. The maximum Gasteiger partial charge on any atom is 0.303 e. The summed E-state index contributed by atoms with van der Waals surface area (Å²) in [6, 6.07) is 10.8. The molecule has 0 bridgehead atoms. The van der Waals surface area contributed by atoms with Crippen molar-refractivity contribution in [1.82, 2.24) is 0 Å². The zero-order valence-corrected chi connectivity index (χ0v) is 16.9. The maximum absolute atomic E-state index is 12.8. The largest absolute Gasteiger partial charge is 0.481 e. The van der Waals surface area contributed by atoms with Crippen molar-refractivity contribution in [2.45, 2.75) is 57.8 Å². The monoisotopic (exact) mass is 389 g/mol. The van der Waals surface area contributed by atoms with Gasteiger partial charge in [0.15, 0.2) is 0 Å². The highest BCUT2D eigenvalue weighted by atomic mass is 32.2. The first-order valence-corrected chi connectivity index (χ1v) is 10.6. The Hall–Kier alpha value is -2.34. The number of benzene rings is 2. The van der Waals surface area contributed by atoms with Crippen LogP contribution in [0, 0.1) is 20.8 Å². The van der Waals surface area contributed by atoms with Crippen LogP contribution in [0.15, 0.2) is 41.3 Å². The highest BCUT2D eigenvalue weighted by molar-refractivity contribution is 7.92. The van der Waals surface area contributed by atoms with Crippen LogP contribution in [0.5, 0.6) is 0 Å². The SMILES string of the molecule is Cc1cc(C)c(NS(=O)(=O)c2cccc(CCCCCC(=O)O)c2)c(C)c1. The molecule has 5 nitrogen and oxygen atoms in total. The maximum atomic E-state index is 12.8. The van der Waals surface area contributed by atoms with Gasteiger partial charge in [0.1, 0.15) is 0 Å². The molecule has 0 saturated heterocycles. The topological polar surface area (TPSA) is 83.5 Å². The molecule has 27 heavy (non-hydrogen) atoms. The predicted octanol–water partition coefficient (Wildman–Crippen LogP) is 4.60. The van der Waals surface area contributed by atoms with Crippen LogP contribution in [0.1, 0.15) is 47.9 Å². The summed E-state index contributed by atoms with van der Waals surface area (Å²) in [5.74, 6) is -0.782. The fourth-order valence-corrected chi connectivity index (χ4v) is 4.46. The summed E-state index contributed by atoms with van der Waals surface area (Å²) in [4.78, 5) is 10.8. The molecule has 0 amide bonds. The highest BCUT2D eigenvalue weighted by Gasteiger charge is 2.17. The molecule has 0 aromatic heterocycles. The first-order chi connectivity index (χ1) is 12.7. The number of carbonyl (C=O) groups is 1. The number of carboxylic acids is 1. The van der Waals surface area contributed by atoms with Gasteiger partial charge in [-0.15, -0.1) is 0 Å². The molecule has 0 radical (unpaired) electrons. The van der Waals surface area contributed by atoms with E-state index in [0.717, 1.165) is 41.5 Å². The van der Waals surface area contributed by atoms with Crippen LogP contribution in [0.4, 0.5) is 5.69 Å². The molecule has 0 spiro atoms. The zero-order chi connectivity index (χ0) is 20.0. The van der Waals surface area contributed by atoms with Gasteiger partial charge in [0.05, 0.1) is 10.6 Å². The number of anilines is 1. The predicted molar refractivity (Wildman–Crippen MR) is 108 cm³/mol. The molecule has 2 rings (SSSR count). The Morgan fingerprint density at radius 1 is 1.00 bits per heavy atom. The van der Waals surface area contributed by atoms with Crippen LogP contribution in [-0.2, 0) is 21.2 Å². The smallest absolute Gasteiger partial charge is 0.303 e. The molecule has 146 valence electrons. The summed E-state index contributed by atoms with van der Waals surface area (Å²) in [6.45, 7) is 5.77. The molecule has 0 aliphatic rings. The third kappa shape index (κ3) is 6.10. The minimum Gasteiger partial charge on any atom is -0.481 e. The van der Waals surface area contributed by atoms with Crippen LogP contribution in [0.2, 0.25) is 0 Å². The van der Waals surface area contributed by atoms with Gasteiger partial charge in [-0.1, -0.05) is 36.2 Å². The van der Waals surface area contributed by atoms with E-state index in [1.807, 2.05) is 39.0 Å². The summed E-state index contributed by atoms with van der Waals surface area (Å²) in [6.07, 6.45) is 3.18. The second-order valence-corrected chi connectivity index (χ2v) is 8.66. The Labute approximate surface area is 161 Å². The molecule has 0 saturated carbocycles. The van der Waals surface area contributed by atoms with E-state index in [9.17, 15) is 13.2 Å². The number of sulfonamides is 1. The number of aliphatic carboxylic acids is 1. The Balaban J connectivity index is 2.09. The highest BCUT2D eigenvalue weighted by Crippen LogP contribution is 2.25. The van der Waals surface area contributed by atoms with E-state index in [0.29, 0.717) is 12.1 Å². The normalized spacial score (nSPS) is 11.4. The lowest BCUT2D eigenvalue weighted by Gasteiger charge is -2.15. The van der Waals surface area contributed by atoms with Crippen molar-refractivity contribution in [2.24, 2.45) is 0 Å². The molecule has 2 aromatic rings. The molecule has 0 aliphatic heterocycles. The van der Waals surface area contributed by atoms with E-state index in [1.54, 1.807) is 18.2 Å². The number of nitrogens with one attached hydrogen (secondary N) is 1. The molecule has 0 heterocycles. The average Bonchev–Trinajstić information content (AvgIpc) is 2.58. The van der Waals surface area contributed by atoms with Gasteiger partial charge in [-0.3, -0.25) is 9.52 Å². The molecular formula is C21H27NO4S. The van der Waals surface area contributed by atoms with E-state index in [2.05, 4.69) is 4.72 Å². The van der Waals surface area contributed by atoms with E-state index in [4.69, 9.17) is 5.11 Å². The number of unbranched alkanes of at least 4 members (excludes halogenated alkanes) is 2. The lowest BCUT2D eigenvalue weighted by Crippen LogP contribution is -2.15. The molecule has 0 aliphatic carbocycles. The quantitative estimate of drug-likeness (QED) is 0.614. The van der Waals surface area contributed by atoms with Gasteiger partial charge >= 0.3 is 5.97 Å². The van der Waals surface area contributed by atoms with Crippen molar-refractivity contribution in [3.63, 3.8) is 0 Å². The zero-order valence-electron chi connectivity index (χ0n) is 16.1. The molecule has 2 aromatic carbocycles. The molecule has 6 heteroatoms. The van der Waals surface area contributed by atoms with Gasteiger partial charge in [-0.25, -0.2) is 8.42 Å². The Kier molecular flexibility index (Phi) is 7.02. The number of hydrogen-bond acceptors (Lipinski definition) is 3. The van der Waals surface area contributed by atoms with E-state index in [1.165, 1.54) is 0 Å². The summed E-state index contributed by atoms with van der Waals surface area (Å²) < 4.78 is 28.4. The number of aryl methyl sites for hydroxylation is 4. The standard InChI is InChI=1S/C21H27NO4S/c1-15-12-16(2)21(17(3)13-15)22-27(25,26)19-10-7-9-18(14-19)8-5-4-6-11-20(23)24/h7,9-10,12-14,22H,4-6,8,11H2,1-3H3,(H,23,24). The first kappa shape index (κ1) is 21.0. The minimum atomic E-state index is -3.67. The summed E-state index contributed by atoms with van der Waals surface area (Å²) in [5.41, 5.74) is 4.44. The number of rotatable bonds is 9. The van der Waals surface area contributed by atoms with E-state index < -0.39 is 16.0 Å². The molecular weight excluding hydrogens is 362 g/mol. The number of hydrogen-bond donors (Lipinski definition) is 2. The van der Waals surface area contributed by atoms with Crippen molar-refractivity contribution in [3.8, 4) is 0 Å². The van der Waals surface area contributed by atoms with Crippen LogP contribution in [0.25, 0.3) is 0 Å². The second-order valence-electron chi connectivity index (χ2n) is 6.98. The fraction of sp³-hybridized carbons (Fsp3) is 0.381. The average molecular weight is 390 g/mol. The van der Waals surface area contributed by atoms with Gasteiger partial charge in [0.2, 0.25) is 0 Å². The van der Waals surface area contributed by atoms with Crippen LogP contribution < -0.4 is 4.72 Å². The lowest BCUT2D eigenvalue weighted by atomic mass is 10.1. The second kappa shape index (κ2) is 9.04. The van der Waals surface area contributed by atoms with Gasteiger partial charge in [-0.05, 0) is 68.9 Å². The van der Waals surface area contributed by atoms with Gasteiger partial charge in [0.25, 0.3) is 10.0 Å². The summed E-state index contributed by atoms with van der Waals surface area (Å²) in [7, 11) is -3.67. The van der Waals surface area contributed by atoms with Gasteiger partial charge < -0.3 is 5.11 Å². The van der Waals surface area contributed by atoms with Crippen LogP contribution in [-0.4, -0.2) is 19.5 Å². The third-order valence-electron chi connectivity index (χ3n) is 4.48. The molecule has 2 N–H and O–H groups in total. The molecule has 0 unspecified atom stereocenters. The van der Waals surface area contributed by atoms with Crippen molar-refractivity contribution >= 4 is 21.7 Å². The van der Waals surface area contributed by atoms with Crippen molar-refractivity contribution in [3.05, 3.63) is 58.7 Å². The van der Waals surface area contributed by atoms with Crippen molar-refractivity contribution in [1.29, 1.82) is 0 Å². The van der Waals surface area contributed by atoms with Crippen LogP contribution in [0.3, 0.4) is 0 Å². The van der Waals surface area contributed by atoms with Crippen LogP contribution >= 0.6 is 0 Å². The molecule has 0 atom stereocenters. The number of carboxylic acid groups (broad SMARTS) is 1. The first-order valence-electron chi connectivity index (χ1n) is 9.10. The Morgan fingerprint density at radius 2 is 1.67 bits per heavy atom. The van der Waals surface area contributed by atoms with Gasteiger partial charge in [-0.2, -0.15) is 0 Å². The minimum absolute atomic E-state index is 0.174. The van der Waals surface area contributed by atoms with E-state index in [-0.39, 0.29) is 11.3 Å². The molecule has 0 fully saturated rings. The van der Waals surface area contributed by atoms with Gasteiger partial charge in [0, 0.05) is 6.42 Å². The third-order valence-corrected chi connectivity index (χ3v) is 5.83. The Bertz CT molecular complexity index is 897.